The Morgan fingerprint density at radius 3 is 2.68 bits per heavy atom. The molecule has 6 heteroatoms. The summed E-state index contributed by atoms with van der Waals surface area (Å²) in [6.07, 6.45) is 0. The summed E-state index contributed by atoms with van der Waals surface area (Å²) in [4.78, 5) is 0. The second-order valence-corrected chi connectivity index (χ2v) is 4.65. The maximum Gasteiger partial charge on any atom is 0.164 e. The van der Waals surface area contributed by atoms with Crippen molar-refractivity contribution in [2.24, 2.45) is 5.41 Å². The molecule has 1 aromatic rings. The molecular weight excluding hydrogens is 251 g/mol. The minimum Gasteiger partial charge on any atom is -0.493 e. The highest BCUT2D eigenvalue weighted by atomic mass is 19.1. The third-order valence-electron chi connectivity index (χ3n) is 3.24. The maximum absolute atomic E-state index is 13.5. The Morgan fingerprint density at radius 2 is 2.21 bits per heavy atom. The molecule has 1 aliphatic heterocycles. The predicted molar refractivity (Wildman–Crippen MR) is 65.6 cm³/mol. The highest BCUT2D eigenvalue weighted by Gasteiger charge is 2.37. The van der Waals surface area contributed by atoms with E-state index in [9.17, 15) is 9.50 Å². The van der Waals surface area contributed by atoms with Gasteiger partial charge in [-0.05, 0) is 0 Å². The fraction of sp³-hybridized carbons (Fsp3) is 0.462. The Morgan fingerprint density at radius 1 is 1.47 bits per heavy atom. The first-order valence-corrected chi connectivity index (χ1v) is 5.86. The van der Waals surface area contributed by atoms with Gasteiger partial charge in [-0.15, -0.1) is 0 Å². The quantitative estimate of drug-likeness (QED) is 0.819. The number of halogens is 1. The van der Waals surface area contributed by atoms with Crippen molar-refractivity contribution in [3.8, 4) is 17.6 Å². The lowest BCUT2D eigenvalue weighted by Crippen LogP contribution is -2.58. The van der Waals surface area contributed by atoms with Gasteiger partial charge in [-0.3, -0.25) is 0 Å². The molecule has 0 spiro atoms. The van der Waals surface area contributed by atoms with Crippen LogP contribution in [0.25, 0.3) is 0 Å². The molecular formula is C13H15FN2O3. The third-order valence-corrected chi connectivity index (χ3v) is 3.24. The van der Waals surface area contributed by atoms with Crippen molar-refractivity contribution in [2.45, 2.75) is 0 Å². The highest BCUT2D eigenvalue weighted by molar-refractivity contribution is 5.47. The molecule has 1 saturated heterocycles. The van der Waals surface area contributed by atoms with E-state index in [1.165, 1.54) is 13.2 Å². The molecule has 2 rings (SSSR count). The lowest BCUT2D eigenvalue weighted by molar-refractivity contribution is 0.0203. The van der Waals surface area contributed by atoms with E-state index in [-0.39, 0.29) is 29.9 Å². The second-order valence-electron chi connectivity index (χ2n) is 4.65. The van der Waals surface area contributed by atoms with Crippen molar-refractivity contribution in [3.63, 3.8) is 0 Å². The number of methoxy groups -OCH3 is 1. The SMILES string of the molecule is COc1cc(C#N)c(F)cc1OCC1(CO)CNC1. The maximum atomic E-state index is 13.5. The lowest BCUT2D eigenvalue weighted by atomic mass is 9.84. The van der Waals surface area contributed by atoms with Crippen LogP contribution in [0.15, 0.2) is 12.1 Å². The fourth-order valence-corrected chi connectivity index (χ4v) is 1.86. The number of benzene rings is 1. The zero-order valence-corrected chi connectivity index (χ0v) is 10.6. The van der Waals surface area contributed by atoms with Crippen LogP contribution in [0, 0.1) is 22.6 Å². The van der Waals surface area contributed by atoms with Crippen molar-refractivity contribution in [1.29, 1.82) is 5.26 Å². The molecule has 0 atom stereocenters. The number of nitriles is 1. The Bertz CT molecular complexity index is 504. The topological polar surface area (TPSA) is 74.5 Å². The summed E-state index contributed by atoms with van der Waals surface area (Å²) in [5.41, 5.74) is -0.415. The van der Waals surface area contributed by atoms with Crippen LogP contribution in [0.3, 0.4) is 0 Å². The van der Waals surface area contributed by atoms with E-state index < -0.39 is 5.82 Å². The summed E-state index contributed by atoms with van der Waals surface area (Å²) in [5, 5.41) is 21.1. The van der Waals surface area contributed by atoms with Crippen LogP contribution in [0.2, 0.25) is 0 Å². The number of ether oxygens (including phenoxy) is 2. The van der Waals surface area contributed by atoms with E-state index in [1.807, 2.05) is 0 Å². The van der Waals surface area contributed by atoms with Crippen molar-refractivity contribution in [3.05, 3.63) is 23.5 Å². The van der Waals surface area contributed by atoms with Crippen LogP contribution in [0.4, 0.5) is 4.39 Å². The minimum atomic E-state index is -0.650. The van der Waals surface area contributed by atoms with Gasteiger partial charge in [0.05, 0.1) is 31.3 Å². The molecule has 102 valence electrons. The monoisotopic (exact) mass is 266 g/mol. The molecule has 1 aliphatic rings. The molecule has 0 aromatic heterocycles. The summed E-state index contributed by atoms with van der Waals surface area (Å²) >= 11 is 0. The number of aliphatic hydroxyl groups is 1. The van der Waals surface area contributed by atoms with Crippen molar-refractivity contribution >= 4 is 0 Å². The van der Waals surface area contributed by atoms with Gasteiger partial charge in [0.25, 0.3) is 0 Å². The van der Waals surface area contributed by atoms with Crippen molar-refractivity contribution in [1.82, 2.24) is 5.32 Å². The van der Waals surface area contributed by atoms with Crippen molar-refractivity contribution in [2.75, 3.05) is 33.4 Å². The van der Waals surface area contributed by atoms with Crippen LogP contribution in [-0.4, -0.2) is 38.5 Å². The van der Waals surface area contributed by atoms with Crippen LogP contribution in [-0.2, 0) is 0 Å². The van der Waals surface area contributed by atoms with Gasteiger partial charge >= 0.3 is 0 Å². The number of hydrogen-bond acceptors (Lipinski definition) is 5. The zero-order chi connectivity index (χ0) is 13.9. The van der Waals surface area contributed by atoms with Gasteiger partial charge in [-0.2, -0.15) is 5.26 Å². The molecule has 5 nitrogen and oxygen atoms in total. The number of aliphatic hydroxyl groups excluding tert-OH is 1. The summed E-state index contributed by atoms with van der Waals surface area (Å²) < 4.78 is 24.1. The molecule has 19 heavy (non-hydrogen) atoms. The van der Waals surface area contributed by atoms with Gasteiger partial charge in [0.1, 0.15) is 11.9 Å². The third kappa shape index (κ3) is 2.62. The van der Waals surface area contributed by atoms with E-state index in [0.29, 0.717) is 18.8 Å². The van der Waals surface area contributed by atoms with Crippen LogP contribution in [0.1, 0.15) is 5.56 Å². The summed E-state index contributed by atoms with van der Waals surface area (Å²) in [6.45, 7) is 1.58. The lowest BCUT2D eigenvalue weighted by Gasteiger charge is -2.40. The van der Waals surface area contributed by atoms with Gasteiger partial charge < -0.3 is 19.9 Å². The van der Waals surface area contributed by atoms with E-state index in [1.54, 1.807) is 6.07 Å². The van der Waals surface area contributed by atoms with E-state index in [2.05, 4.69) is 5.32 Å². The molecule has 1 heterocycles. The normalized spacial score (nSPS) is 16.3. The smallest absolute Gasteiger partial charge is 0.164 e. The molecule has 2 N–H and O–H groups in total. The highest BCUT2D eigenvalue weighted by Crippen LogP contribution is 2.32. The standard InChI is InChI=1S/C13H15FN2O3/c1-18-11-2-9(4-15)10(14)3-12(11)19-8-13(7-17)5-16-6-13/h2-3,16-17H,5-8H2,1H3. The first kappa shape index (κ1) is 13.6. The van der Waals surface area contributed by atoms with Gasteiger partial charge in [0.15, 0.2) is 11.5 Å². The molecule has 0 saturated carbocycles. The molecule has 1 fully saturated rings. The van der Waals surface area contributed by atoms with Crippen LogP contribution < -0.4 is 14.8 Å². The number of nitrogens with one attached hydrogen (secondary N) is 1. The van der Waals surface area contributed by atoms with Gasteiger partial charge in [-0.1, -0.05) is 0 Å². The largest absolute Gasteiger partial charge is 0.493 e. The first-order valence-electron chi connectivity index (χ1n) is 5.86. The number of hydrogen-bond donors (Lipinski definition) is 2. The van der Waals surface area contributed by atoms with Gasteiger partial charge in [0.2, 0.25) is 0 Å². The van der Waals surface area contributed by atoms with Gasteiger partial charge in [0, 0.05) is 25.2 Å². The van der Waals surface area contributed by atoms with Crippen LogP contribution >= 0.6 is 0 Å². The average molecular weight is 266 g/mol. The molecule has 0 bridgehead atoms. The summed E-state index contributed by atoms with van der Waals surface area (Å²) in [5.74, 6) is -0.111. The zero-order valence-electron chi connectivity index (χ0n) is 10.6. The molecule has 1 aromatic carbocycles. The van der Waals surface area contributed by atoms with Crippen LogP contribution in [0.5, 0.6) is 11.5 Å². The molecule has 0 aliphatic carbocycles. The second kappa shape index (κ2) is 5.43. The van der Waals surface area contributed by atoms with Gasteiger partial charge in [-0.25, -0.2) is 4.39 Å². The average Bonchev–Trinajstić information content (AvgIpc) is 2.38. The Kier molecular flexibility index (Phi) is 3.88. The summed E-state index contributed by atoms with van der Waals surface area (Å²) in [7, 11) is 1.42. The van der Waals surface area contributed by atoms with E-state index in [4.69, 9.17) is 14.7 Å². The first-order chi connectivity index (χ1) is 9.14. The minimum absolute atomic E-state index is 0.00107. The molecule has 0 radical (unpaired) electrons. The fourth-order valence-electron chi connectivity index (χ4n) is 1.86. The molecule has 0 amide bonds. The van der Waals surface area contributed by atoms with Crippen molar-refractivity contribution < 1.29 is 19.0 Å². The number of nitrogens with zero attached hydrogens (tertiary/aromatic N) is 1. The molecule has 0 unspecified atom stereocenters. The Hall–Kier alpha value is -1.84. The van der Waals surface area contributed by atoms with E-state index in [0.717, 1.165) is 6.07 Å². The Balaban J connectivity index is 2.16. The van der Waals surface area contributed by atoms with E-state index >= 15 is 0 Å². The Labute approximate surface area is 110 Å². The number of rotatable bonds is 5. The predicted octanol–water partition coefficient (Wildman–Crippen LogP) is 0.667. The summed E-state index contributed by atoms with van der Waals surface area (Å²) in [6, 6.07) is 4.18.